The first-order valence-corrected chi connectivity index (χ1v) is 3.64. The SMILES string of the molecule is OC[C@H](NO)c1ccc(F)c(F)c1. The molecular weight excluding hydrogens is 180 g/mol. The van der Waals surface area contributed by atoms with Gasteiger partial charge in [0.05, 0.1) is 12.6 Å². The number of aliphatic hydroxyl groups excluding tert-OH is 1. The van der Waals surface area contributed by atoms with Crippen molar-refractivity contribution in [3.63, 3.8) is 0 Å². The fourth-order valence-corrected chi connectivity index (χ4v) is 0.950. The topological polar surface area (TPSA) is 52.5 Å². The summed E-state index contributed by atoms with van der Waals surface area (Å²) in [7, 11) is 0. The molecule has 1 aromatic rings. The smallest absolute Gasteiger partial charge is 0.159 e. The Hall–Kier alpha value is -1.04. The second-order valence-electron chi connectivity index (χ2n) is 2.54. The van der Waals surface area contributed by atoms with Crippen LogP contribution in [0.3, 0.4) is 0 Å². The van der Waals surface area contributed by atoms with Gasteiger partial charge in [-0.15, -0.1) is 0 Å². The molecule has 0 aliphatic heterocycles. The summed E-state index contributed by atoms with van der Waals surface area (Å²) >= 11 is 0. The molecule has 0 fully saturated rings. The first-order valence-electron chi connectivity index (χ1n) is 3.64. The normalized spacial score (nSPS) is 12.9. The molecule has 1 atom stereocenters. The number of hydrogen-bond donors (Lipinski definition) is 3. The van der Waals surface area contributed by atoms with Gasteiger partial charge in [-0.1, -0.05) is 6.07 Å². The maximum absolute atomic E-state index is 12.6. The molecule has 13 heavy (non-hydrogen) atoms. The van der Waals surface area contributed by atoms with E-state index < -0.39 is 24.3 Å². The van der Waals surface area contributed by atoms with Crippen LogP contribution < -0.4 is 5.48 Å². The van der Waals surface area contributed by atoms with Crippen LogP contribution in [0, 0.1) is 11.6 Å². The highest BCUT2D eigenvalue weighted by atomic mass is 19.2. The third kappa shape index (κ3) is 2.21. The number of halogens is 2. The van der Waals surface area contributed by atoms with E-state index in [2.05, 4.69) is 0 Å². The lowest BCUT2D eigenvalue weighted by molar-refractivity contribution is 0.0904. The van der Waals surface area contributed by atoms with Gasteiger partial charge in [-0.05, 0) is 17.7 Å². The van der Waals surface area contributed by atoms with Crippen molar-refractivity contribution >= 4 is 0 Å². The maximum Gasteiger partial charge on any atom is 0.159 e. The zero-order valence-electron chi connectivity index (χ0n) is 6.67. The molecule has 0 unspecified atom stereocenters. The van der Waals surface area contributed by atoms with Crippen LogP contribution in [0.4, 0.5) is 8.78 Å². The monoisotopic (exact) mass is 189 g/mol. The third-order valence-electron chi connectivity index (χ3n) is 1.68. The highest BCUT2D eigenvalue weighted by Crippen LogP contribution is 2.15. The zero-order valence-corrected chi connectivity index (χ0v) is 6.67. The molecule has 0 saturated heterocycles. The summed E-state index contributed by atoms with van der Waals surface area (Å²) in [6, 6.07) is 2.34. The minimum absolute atomic E-state index is 0.281. The first-order chi connectivity index (χ1) is 6.19. The summed E-state index contributed by atoms with van der Waals surface area (Å²) in [4.78, 5) is 0. The van der Waals surface area contributed by atoms with E-state index in [9.17, 15) is 8.78 Å². The van der Waals surface area contributed by atoms with Gasteiger partial charge in [-0.3, -0.25) is 0 Å². The predicted molar refractivity (Wildman–Crippen MR) is 41.1 cm³/mol. The molecule has 0 spiro atoms. The third-order valence-corrected chi connectivity index (χ3v) is 1.68. The maximum atomic E-state index is 12.6. The Bertz CT molecular complexity index is 289. The summed E-state index contributed by atoms with van der Waals surface area (Å²) in [5.41, 5.74) is 2.06. The fraction of sp³-hybridized carbons (Fsp3) is 0.250. The molecule has 0 saturated carbocycles. The molecule has 0 aliphatic rings. The van der Waals surface area contributed by atoms with Crippen molar-refractivity contribution in [3.8, 4) is 0 Å². The number of rotatable bonds is 3. The second-order valence-corrected chi connectivity index (χ2v) is 2.54. The van der Waals surface area contributed by atoms with E-state index in [-0.39, 0.29) is 5.56 Å². The van der Waals surface area contributed by atoms with Crippen molar-refractivity contribution < 1.29 is 19.1 Å². The molecule has 72 valence electrons. The summed E-state index contributed by atoms with van der Waals surface area (Å²) < 4.78 is 25.1. The Balaban J connectivity index is 2.95. The molecule has 3 N–H and O–H groups in total. The van der Waals surface area contributed by atoms with E-state index >= 15 is 0 Å². The van der Waals surface area contributed by atoms with Crippen molar-refractivity contribution in [1.82, 2.24) is 5.48 Å². The van der Waals surface area contributed by atoms with Crippen LogP contribution in [0.5, 0.6) is 0 Å². The predicted octanol–water partition coefficient (Wildman–Crippen LogP) is 0.977. The Labute approximate surface area is 73.6 Å². The second kappa shape index (κ2) is 4.27. The average molecular weight is 189 g/mol. The lowest BCUT2D eigenvalue weighted by Crippen LogP contribution is -2.20. The number of nitrogens with one attached hydrogen (secondary N) is 1. The van der Waals surface area contributed by atoms with Crippen LogP contribution in [0.1, 0.15) is 11.6 Å². The quantitative estimate of drug-likeness (QED) is 0.621. The van der Waals surface area contributed by atoms with Crippen molar-refractivity contribution in [2.75, 3.05) is 6.61 Å². The highest BCUT2D eigenvalue weighted by molar-refractivity contribution is 5.20. The molecule has 0 amide bonds. The molecular formula is C8H9F2NO2. The average Bonchev–Trinajstić information content (AvgIpc) is 2.13. The Kier molecular flexibility index (Phi) is 3.30. The lowest BCUT2D eigenvalue weighted by Gasteiger charge is -2.11. The van der Waals surface area contributed by atoms with E-state index in [0.29, 0.717) is 0 Å². The van der Waals surface area contributed by atoms with Gasteiger partial charge in [0.25, 0.3) is 0 Å². The molecule has 0 aromatic heterocycles. The van der Waals surface area contributed by atoms with Crippen LogP contribution in [-0.4, -0.2) is 16.9 Å². The van der Waals surface area contributed by atoms with Crippen LogP contribution in [-0.2, 0) is 0 Å². The van der Waals surface area contributed by atoms with Gasteiger partial charge >= 0.3 is 0 Å². The van der Waals surface area contributed by atoms with Gasteiger partial charge < -0.3 is 10.3 Å². The number of hydroxylamine groups is 1. The lowest BCUT2D eigenvalue weighted by atomic mass is 10.1. The fourth-order valence-electron chi connectivity index (χ4n) is 0.950. The van der Waals surface area contributed by atoms with Crippen LogP contribution >= 0.6 is 0 Å². The molecule has 0 bridgehead atoms. The summed E-state index contributed by atoms with van der Waals surface area (Å²) in [6.07, 6.45) is 0. The summed E-state index contributed by atoms with van der Waals surface area (Å²) in [5, 5.41) is 17.2. The van der Waals surface area contributed by atoms with Crippen LogP contribution in [0.15, 0.2) is 18.2 Å². The first kappa shape index (κ1) is 10.0. The Morgan fingerprint density at radius 1 is 1.31 bits per heavy atom. The Morgan fingerprint density at radius 2 is 2.00 bits per heavy atom. The van der Waals surface area contributed by atoms with E-state index in [4.69, 9.17) is 10.3 Å². The summed E-state index contributed by atoms with van der Waals surface area (Å²) in [5.74, 6) is -1.97. The minimum Gasteiger partial charge on any atom is -0.394 e. The molecule has 0 aliphatic carbocycles. The zero-order chi connectivity index (χ0) is 9.84. The van der Waals surface area contributed by atoms with Gasteiger partial charge in [0.15, 0.2) is 11.6 Å². The van der Waals surface area contributed by atoms with Gasteiger partial charge in [0, 0.05) is 0 Å². The molecule has 1 aromatic carbocycles. The largest absolute Gasteiger partial charge is 0.394 e. The molecule has 3 nitrogen and oxygen atoms in total. The number of hydrogen-bond acceptors (Lipinski definition) is 3. The number of benzene rings is 1. The van der Waals surface area contributed by atoms with Gasteiger partial charge in [0.1, 0.15) is 0 Å². The minimum atomic E-state index is -1.01. The van der Waals surface area contributed by atoms with E-state index in [1.807, 2.05) is 0 Å². The van der Waals surface area contributed by atoms with Crippen molar-refractivity contribution in [3.05, 3.63) is 35.4 Å². The van der Waals surface area contributed by atoms with Crippen molar-refractivity contribution in [2.24, 2.45) is 0 Å². The van der Waals surface area contributed by atoms with Gasteiger partial charge in [0.2, 0.25) is 0 Å². The highest BCUT2D eigenvalue weighted by Gasteiger charge is 2.11. The molecule has 1 rings (SSSR count). The van der Waals surface area contributed by atoms with E-state index in [0.717, 1.165) is 12.1 Å². The van der Waals surface area contributed by atoms with Crippen molar-refractivity contribution in [2.45, 2.75) is 6.04 Å². The van der Waals surface area contributed by atoms with Crippen molar-refractivity contribution in [1.29, 1.82) is 0 Å². The van der Waals surface area contributed by atoms with Gasteiger partial charge in [-0.25, -0.2) is 8.78 Å². The summed E-state index contributed by atoms with van der Waals surface area (Å²) in [6.45, 7) is -0.401. The molecule has 0 heterocycles. The van der Waals surface area contributed by atoms with Crippen LogP contribution in [0.25, 0.3) is 0 Å². The molecule has 0 radical (unpaired) electrons. The van der Waals surface area contributed by atoms with Gasteiger partial charge in [-0.2, -0.15) is 5.48 Å². The van der Waals surface area contributed by atoms with Crippen LogP contribution in [0.2, 0.25) is 0 Å². The number of aliphatic hydroxyl groups is 1. The van der Waals surface area contributed by atoms with E-state index in [1.165, 1.54) is 6.07 Å². The van der Waals surface area contributed by atoms with E-state index in [1.54, 1.807) is 5.48 Å². The Morgan fingerprint density at radius 3 is 2.46 bits per heavy atom. The standard InChI is InChI=1S/C8H9F2NO2/c9-6-2-1-5(3-7(6)10)8(4-12)11-13/h1-3,8,11-13H,4H2/t8-/m0/s1. The molecule has 5 heteroatoms.